The van der Waals surface area contributed by atoms with Crippen molar-refractivity contribution in [2.45, 2.75) is 20.0 Å². The van der Waals surface area contributed by atoms with Crippen molar-refractivity contribution in [1.82, 2.24) is 0 Å². The third-order valence-corrected chi connectivity index (χ3v) is 7.19. The van der Waals surface area contributed by atoms with Crippen LogP contribution in [-0.4, -0.2) is 6.17 Å². The lowest BCUT2D eigenvalue weighted by molar-refractivity contribution is 0.760. The van der Waals surface area contributed by atoms with E-state index in [9.17, 15) is 5.26 Å². The molecule has 5 aromatic carbocycles. The lowest BCUT2D eigenvalue weighted by atomic mass is 9.94. The zero-order valence-corrected chi connectivity index (χ0v) is 21.0. The highest BCUT2D eigenvalue weighted by Crippen LogP contribution is 2.52. The molecule has 178 valence electrons. The summed E-state index contributed by atoms with van der Waals surface area (Å²) >= 11 is 0. The van der Waals surface area contributed by atoms with Crippen molar-refractivity contribution in [1.29, 1.82) is 5.26 Å². The number of nitrogens with zero attached hydrogens (tertiary/aromatic N) is 3. The lowest BCUT2D eigenvalue weighted by Crippen LogP contribution is -2.36. The van der Waals surface area contributed by atoms with Gasteiger partial charge in [0.2, 0.25) is 0 Å². The minimum atomic E-state index is -0.0163. The standard InChI is InChI=1S/C34H27N3/c1-24-20-21-26(23-35)22-33(24)36-25(2)37(32-19-10-9-18-31(32)36)34-29(27-12-5-3-6-13-27)16-11-17-30(34)28-14-7-4-8-15-28/h3-22,25H,1-2H3/t25-/m0/s1. The first-order chi connectivity index (χ1) is 18.2. The molecule has 1 heterocycles. The first-order valence-corrected chi connectivity index (χ1v) is 12.6. The summed E-state index contributed by atoms with van der Waals surface area (Å²) in [5.41, 5.74) is 11.1. The molecule has 1 atom stereocenters. The van der Waals surface area contributed by atoms with E-state index in [0.29, 0.717) is 5.56 Å². The number of fused-ring (bicyclic) bond motifs is 1. The van der Waals surface area contributed by atoms with Crippen LogP contribution in [0.5, 0.6) is 0 Å². The Morgan fingerprint density at radius 2 is 1.14 bits per heavy atom. The van der Waals surface area contributed by atoms with Crippen LogP contribution in [0.3, 0.4) is 0 Å². The van der Waals surface area contributed by atoms with Crippen molar-refractivity contribution in [2.75, 3.05) is 9.80 Å². The average molecular weight is 478 g/mol. The van der Waals surface area contributed by atoms with Crippen molar-refractivity contribution in [3.8, 4) is 28.3 Å². The Hall–Kier alpha value is -4.81. The van der Waals surface area contributed by atoms with Crippen LogP contribution in [0.4, 0.5) is 22.7 Å². The molecule has 0 N–H and O–H groups in total. The van der Waals surface area contributed by atoms with E-state index in [-0.39, 0.29) is 6.17 Å². The second-order valence-electron chi connectivity index (χ2n) is 9.41. The van der Waals surface area contributed by atoms with Crippen LogP contribution in [0.2, 0.25) is 0 Å². The molecule has 0 unspecified atom stereocenters. The van der Waals surface area contributed by atoms with Crippen LogP contribution in [0.15, 0.2) is 121 Å². The fourth-order valence-corrected chi connectivity index (χ4v) is 5.47. The SMILES string of the molecule is Cc1ccc(C#N)cc1N1c2ccccc2N(c2c(-c3ccccc3)cccc2-c2ccccc2)[C@H]1C. The molecule has 1 aliphatic rings. The largest absolute Gasteiger partial charge is 0.318 e. The third-order valence-electron chi connectivity index (χ3n) is 7.19. The molecule has 0 aliphatic carbocycles. The van der Waals surface area contributed by atoms with Gasteiger partial charge in [0.25, 0.3) is 0 Å². The van der Waals surface area contributed by atoms with E-state index in [1.54, 1.807) is 0 Å². The van der Waals surface area contributed by atoms with Gasteiger partial charge in [-0.1, -0.05) is 97.1 Å². The van der Waals surface area contributed by atoms with Crippen LogP contribution in [0, 0.1) is 18.3 Å². The highest BCUT2D eigenvalue weighted by atomic mass is 15.4. The van der Waals surface area contributed by atoms with Gasteiger partial charge in [-0.25, -0.2) is 0 Å². The van der Waals surface area contributed by atoms with Crippen LogP contribution in [0.25, 0.3) is 22.3 Å². The zero-order valence-electron chi connectivity index (χ0n) is 21.0. The summed E-state index contributed by atoms with van der Waals surface area (Å²) < 4.78 is 0. The molecule has 0 fully saturated rings. The molecule has 0 saturated carbocycles. The van der Waals surface area contributed by atoms with Gasteiger partial charge in [-0.2, -0.15) is 5.26 Å². The molecule has 3 heteroatoms. The Balaban J connectivity index is 1.63. The number of anilines is 4. The fraction of sp³-hybridized carbons (Fsp3) is 0.0882. The van der Waals surface area contributed by atoms with E-state index in [4.69, 9.17) is 0 Å². The van der Waals surface area contributed by atoms with Gasteiger partial charge in [-0.3, -0.25) is 0 Å². The number of benzene rings is 5. The number of aryl methyl sites for hydroxylation is 1. The molecule has 0 spiro atoms. The van der Waals surface area contributed by atoms with E-state index in [1.165, 1.54) is 27.9 Å². The molecular formula is C34H27N3. The quantitative estimate of drug-likeness (QED) is 0.259. The van der Waals surface area contributed by atoms with Crippen LogP contribution >= 0.6 is 0 Å². The summed E-state index contributed by atoms with van der Waals surface area (Å²) in [7, 11) is 0. The van der Waals surface area contributed by atoms with Gasteiger partial charge >= 0.3 is 0 Å². The summed E-state index contributed by atoms with van der Waals surface area (Å²) in [6.45, 7) is 4.36. The maximum Gasteiger partial charge on any atom is 0.108 e. The minimum absolute atomic E-state index is 0.0163. The Morgan fingerprint density at radius 1 is 0.595 bits per heavy atom. The molecule has 0 saturated heterocycles. The highest BCUT2D eigenvalue weighted by Gasteiger charge is 2.37. The first-order valence-electron chi connectivity index (χ1n) is 12.6. The van der Waals surface area contributed by atoms with Crippen LogP contribution in [-0.2, 0) is 0 Å². The van der Waals surface area contributed by atoms with Gasteiger partial charge in [-0.05, 0) is 54.8 Å². The Bertz CT molecular complexity index is 1560. The predicted octanol–water partition coefficient (Wildman–Crippen LogP) is 8.84. The Labute approximate surface area is 218 Å². The van der Waals surface area contributed by atoms with Crippen LogP contribution < -0.4 is 9.80 Å². The number of nitriles is 1. The molecule has 37 heavy (non-hydrogen) atoms. The van der Waals surface area contributed by atoms with Gasteiger partial charge in [0, 0.05) is 16.8 Å². The van der Waals surface area contributed by atoms with Gasteiger partial charge < -0.3 is 9.80 Å². The minimum Gasteiger partial charge on any atom is -0.318 e. The second kappa shape index (κ2) is 9.33. The molecule has 3 nitrogen and oxygen atoms in total. The van der Waals surface area contributed by atoms with E-state index >= 15 is 0 Å². The van der Waals surface area contributed by atoms with E-state index in [1.807, 2.05) is 18.2 Å². The number of hydrogen-bond donors (Lipinski definition) is 0. The molecule has 5 aromatic rings. The van der Waals surface area contributed by atoms with Crippen molar-refractivity contribution in [3.05, 3.63) is 132 Å². The molecule has 0 bridgehead atoms. The number of rotatable bonds is 4. The maximum absolute atomic E-state index is 9.63. The first kappa shape index (κ1) is 22.6. The number of para-hydroxylation sites is 3. The van der Waals surface area contributed by atoms with Crippen LogP contribution in [0.1, 0.15) is 18.1 Å². The lowest BCUT2D eigenvalue weighted by Gasteiger charge is -2.34. The summed E-state index contributed by atoms with van der Waals surface area (Å²) in [4.78, 5) is 4.82. The van der Waals surface area contributed by atoms with Crippen molar-refractivity contribution < 1.29 is 0 Å². The topological polar surface area (TPSA) is 30.3 Å². The van der Waals surface area contributed by atoms with Gasteiger partial charge in [-0.15, -0.1) is 0 Å². The molecule has 1 aliphatic heterocycles. The van der Waals surface area contributed by atoms with Crippen molar-refractivity contribution in [3.63, 3.8) is 0 Å². The van der Waals surface area contributed by atoms with Crippen molar-refractivity contribution >= 4 is 22.7 Å². The summed E-state index contributed by atoms with van der Waals surface area (Å²) in [6.07, 6.45) is -0.0163. The zero-order chi connectivity index (χ0) is 25.4. The normalized spacial score (nSPS) is 14.4. The Kier molecular flexibility index (Phi) is 5.71. The third kappa shape index (κ3) is 3.84. The molecule has 6 rings (SSSR count). The fourth-order valence-electron chi connectivity index (χ4n) is 5.47. The summed E-state index contributed by atoms with van der Waals surface area (Å²) in [5, 5.41) is 9.63. The molecule has 0 aromatic heterocycles. The molecular weight excluding hydrogens is 450 g/mol. The second-order valence-corrected chi connectivity index (χ2v) is 9.41. The monoisotopic (exact) mass is 477 g/mol. The molecule has 0 radical (unpaired) electrons. The van der Waals surface area contributed by atoms with Gasteiger partial charge in [0.05, 0.1) is 28.7 Å². The van der Waals surface area contributed by atoms with Crippen molar-refractivity contribution in [2.24, 2.45) is 0 Å². The Morgan fingerprint density at radius 3 is 1.70 bits per heavy atom. The predicted molar refractivity (Wildman–Crippen MR) is 153 cm³/mol. The van der Waals surface area contributed by atoms with E-state index in [0.717, 1.165) is 22.6 Å². The smallest absolute Gasteiger partial charge is 0.108 e. The highest BCUT2D eigenvalue weighted by molar-refractivity contribution is 5.99. The van der Waals surface area contributed by atoms with Gasteiger partial charge in [0.1, 0.15) is 6.17 Å². The number of hydrogen-bond acceptors (Lipinski definition) is 3. The van der Waals surface area contributed by atoms with E-state index < -0.39 is 0 Å². The summed E-state index contributed by atoms with van der Waals surface area (Å²) in [6, 6.07) is 44.6. The maximum atomic E-state index is 9.63. The average Bonchev–Trinajstić information content (AvgIpc) is 3.25. The van der Waals surface area contributed by atoms with E-state index in [2.05, 4.69) is 133 Å². The summed E-state index contributed by atoms with van der Waals surface area (Å²) in [5.74, 6) is 0. The van der Waals surface area contributed by atoms with Gasteiger partial charge in [0.15, 0.2) is 0 Å². The molecule has 0 amide bonds.